The molecule has 0 unspecified atom stereocenters. The van der Waals surface area contributed by atoms with E-state index in [-0.39, 0.29) is 5.91 Å². The summed E-state index contributed by atoms with van der Waals surface area (Å²) in [5.41, 5.74) is 2.71. The van der Waals surface area contributed by atoms with Crippen molar-refractivity contribution in [3.63, 3.8) is 0 Å². The number of rotatable bonds is 4. The number of hydrogen-bond donors (Lipinski definition) is 0. The highest BCUT2D eigenvalue weighted by molar-refractivity contribution is 7.16. The molecule has 1 heterocycles. The maximum absolute atomic E-state index is 12.5. The topological polar surface area (TPSA) is 43.6 Å². The summed E-state index contributed by atoms with van der Waals surface area (Å²) in [6.07, 6.45) is 1.80. The van der Waals surface area contributed by atoms with Gasteiger partial charge in [0, 0.05) is 12.1 Å². The van der Waals surface area contributed by atoms with Gasteiger partial charge in [0.1, 0.15) is 5.75 Å². The Morgan fingerprint density at radius 3 is 2.71 bits per heavy atom. The number of aromatic nitrogens is 1. The van der Waals surface area contributed by atoms with Gasteiger partial charge in [-0.25, -0.2) is 0 Å². The van der Waals surface area contributed by atoms with E-state index >= 15 is 0 Å². The maximum atomic E-state index is 12.5. The Labute approximate surface area is 144 Å². The molecule has 1 amide bonds. The van der Waals surface area contributed by atoms with Crippen LogP contribution < -0.4 is 9.54 Å². The number of amides is 1. The van der Waals surface area contributed by atoms with Crippen molar-refractivity contribution in [3.05, 3.63) is 71.0 Å². The summed E-state index contributed by atoms with van der Waals surface area (Å²) in [4.78, 5) is 17.4. The van der Waals surface area contributed by atoms with Crippen LogP contribution in [-0.4, -0.2) is 17.6 Å². The number of carbonyl (C=O) groups is 1. The fraction of sp³-hybridized carbons (Fsp3) is 0.158. The lowest BCUT2D eigenvalue weighted by molar-refractivity contribution is 0.0998. The highest BCUT2D eigenvalue weighted by Crippen LogP contribution is 2.23. The minimum atomic E-state index is -0.244. The number of nitrogens with zero attached hydrogens (tertiary/aromatic N) is 2. The molecular weight excluding hydrogens is 320 g/mol. The molecule has 24 heavy (non-hydrogen) atoms. The fourth-order valence-electron chi connectivity index (χ4n) is 2.42. The molecule has 0 atom stereocenters. The van der Waals surface area contributed by atoms with Crippen LogP contribution in [0, 0.1) is 6.92 Å². The van der Waals surface area contributed by atoms with Crippen LogP contribution in [0.15, 0.2) is 60.1 Å². The predicted octanol–water partition coefficient (Wildman–Crippen LogP) is 3.95. The van der Waals surface area contributed by atoms with E-state index in [1.807, 2.05) is 41.8 Å². The average Bonchev–Trinajstić information content (AvgIpc) is 2.92. The van der Waals surface area contributed by atoms with Gasteiger partial charge in [-0.2, -0.15) is 4.99 Å². The van der Waals surface area contributed by atoms with Crippen LogP contribution in [0.5, 0.6) is 5.75 Å². The zero-order chi connectivity index (χ0) is 17.1. The second-order valence-electron chi connectivity index (χ2n) is 5.40. The quantitative estimate of drug-likeness (QED) is 0.676. The molecule has 0 saturated carbocycles. The molecular formula is C19H18N2O2S. The predicted molar refractivity (Wildman–Crippen MR) is 97.6 cm³/mol. The number of carbonyl (C=O) groups excluding carboxylic acids is 1. The molecule has 0 spiro atoms. The van der Waals surface area contributed by atoms with Crippen LogP contribution in [0.3, 0.4) is 0 Å². The van der Waals surface area contributed by atoms with Gasteiger partial charge in [-0.3, -0.25) is 4.79 Å². The number of fused-ring (bicyclic) bond motifs is 1. The average molecular weight is 338 g/mol. The second kappa shape index (κ2) is 6.84. The zero-order valence-corrected chi connectivity index (χ0v) is 14.5. The molecule has 0 saturated heterocycles. The van der Waals surface area contributed by atoms with Gasteiger partial charge < -0.3 is 9.30 Å². The molecule has 5 heteroatoms. The lowest BCUT2D eigenvalue weighted by Gasteiger charge is -2.02. The van der Waals surface area contributed by atoms with Crippen LogP contribution in [0.1, 0.15) is 15.9 Å². The Bertz CT molecular complexity index is 965. The maximum Gasteiger partial charge on any atom is 0.279 e. The van der Waals surface area contributed by atoms with Crippen molar-refractivity contribution in [2.24, 2.45) is 4.99 Å². The first-order valence-corrected chi connectivity index (χ1v) is 8.38. The molecule has 4 nitrogen and oxygen atoms in total. The van der Waals surface area contributed by atoms with Crippen LogP contribution in [-0.2, 0) is 6.54 Å². The molecule has 0 aliphatic rings. The molecule has 2 aromatic carbocycles. The van der Waals surface area contributed by atoms with Crippen molar-refractivity contribution in [1.82, 2.24) is 4.57 Å². The lowest BCUT2D eigenvalue weighted by Crippen LogP contribution is -2.16. The van der Waals surface area contributed by atoms with Crippen LogP contribution >= 0.6 is 11.3 Å². The third kappa shape index (κ3) is 3.16. The van der Waals surface area contributed by atoms with E-state index in [1.165, 1.54) is 11.3 Å². The van der Waals surface area contributed by atoms with Gasteiger partial charge in [0.2, 0.25) is 0 Å². The van der Waals surface area contributed by atoms with Crippen molar-refractivity contribution in [2.75, 3.05) is 7.11 Å². The summed E-state index contributed by atoms with van der Waals surface area (Å²) in [6.45, 7) is 6.38. The molecule has 0 bridgehead atoms. The van der Waals surface area contributed by atoms with Gasteiger partial charge in [-0.05, 0) is 37.3 Å². The van der Waals surface area contributed by atoms with Gasteiger partial charge in [-0.1, -0.05) is 35.1 Å². The van der Waals surface area contributed by atoms with E-state index in [4.69, 9.17) is 4.74 Å². The zero-order valence-electron chi connectivity index (χ0n) is 13.7. The second-order valence-corrected chi connectivity index (χ2v) is 6.41. The van der Waals surface area contributed by atoms with Gasteiger partial charge in [0.05, 0.1) is 17.3 Å². The van der Waals surface area contributed by atoms with E-state index in [0.29, 0.717) is 16.9 Å². The van der Waals surface area contributed by atoms with E-state index in [9.17, 15) is 4.79 Å². The number of benzene rings is 2. The summed E-state index contributed by atoms with van der Waals surface area (Å²) < 4.78 is 8.28. The van der Waals surface area contributed by atoms with Crippen molar-refractivity contribution in [2.45, 2.75) is 13.5 Å². The molecule has 0 aliphatic carbocycles. The molecule has 0 radical (unpaired) electrons. The molecule has 0 aliphatic heterocycles. The summed E-state index contributed by atoms with van der Waals surface area (Å²) in [7, 11) is 1.64. The number of methoxy groups -OCH3 is 1. The Morgan fingerprint density at radius 1 is 1.29 bits per heavy atom. The standard InChI is InChI=1S/C19H18N2O2S/c1-4-11-21-16-10-9-15(23-3)12-17(16)24-19(21)20-18(22)14-7-5-13(2)6-8-14/h4-10,12H,1,11H2,2-3H3. The van der Waals surface area contributed by atoms with Crippen LogP contribution in [0.2, 0.25) is 0 Å². The summed E-state index contributed by atoms with van der Waals surface area (Å²) in [5, 5.41) is 0. The van der Waals surface area contributed by atoms with Crippen LogP contribution in [0.4, 0.5) is 0 Å². The Balaban J connectivity index is 2.12. The Morgan fingerprint density at radius 2 is 2.04 bits per heavy atom. The van der Waals surface area contributed by atoms with Gasteiger partial charge in [0.15, 0.2) is 4.80 Å². The van der Waals surface area contributed by atoms with E-state index in [2.05, 4.69) is 11.6 Å². The SMILES string of the molecule is C=CCn1c(=NC(=O)c2ccc(C)cc2)sc2cc(OC)ccc21. The molecule has 0 fully saturated rings. The van der Waals surface area contributed by atoms with Gasteiger partial charge in [-0.15, -0.1) is 6.58 Å². The molecule has 1 aromatic heterocycles. The lowest BCUT2D eigenvalue weighted by atomic mass is 10.1. The first-order valence-electron chi connectivity index (χ1n) is 7.56. The molecule has 3 rings (SSSR count). The number of aryl methyl sites for hydroxylation is 1. The van der Waals surface area contributed by atoms with Crippen LogP contribution in [0.25, 0.3) is 10.2 Å². The largest absolute Gasteiger partial charge is 0.497 e. The Hall–Kier alpha value is -2.66. The third-order valence-corrected chi connectivity index (χ3v) is 4.74. The molecule has 122 valence electrons. The fourth-order valence-corrected chi connectivity index (χ4v) is 3.49. The minimum absolute atomic E-state index is 0.244. The summed E-state index contributed by atoms with van der Waals surface area (Å²) >= 11 is 1.47. The number of allylic oxidation sites excluding steroid dienone is 1. The number of hydrogen-bond acceptors (Lipinski definition) is 3. The Kier molecular flexibility index (Phi) is 4.62. The normalized spacial score (nSPS) is 11.7. The van der Waals surface area contributed by atoms with Crippen molar-refractivity contribution in [1.29, 1.82) is 0 Å². The first-order chi connectivity index (χ1) is 11.6. The molecule has 0 N–H and O–H groups in total. The van der Waals surface area contributed by atoms with Crippen molar-refractivity contribution in [3.8, 4) is 5.75 Å². The monoisotopic (exact) mass is 338 g/mol. The highest BCUT2D eigenvalue weighted by Gasteiger charge is 2.09. The molecule has 3 aromatic rings. The van der Waals surface area contributed by atoms with E-state index < -0.39 is 0 Å². The van der Waals surface area contributed by atoms with Gasteiger partial charge in [0.25, 0.3) is 5.91 Å². The third-order valence-electron chi connectivity index (χ3n) is 3.70. The number of thiazole rings is 1. The van der Waals surface area contributed by atoms with Crippen molar-refractivity contribution >= 4 is 27.5 Å². The van der Waals surface area contributed by atoms with Crippen molar-refractivity contribution < 1.29 is 9.53 Å². The first kappa shape index (κ1) is 16.2. The highest BCUT2D eigenvalue weighted by atomic mass is 32.1. The summed E-state index contributed by atoms with van der Waals surface area (Å²) in [6, 6.07) is 13.3. The van der Waals surface area contributed by atoms with Gasteiger partial charge >= 0.3 is 0 Å². The van der Waals surface area contributed by atoms with E-state index in [1.54, 1.807) is 25.3 Å². The summed E-state index contributed by atoms with van der Waals surface area (Å²) in [5.74, 6) is 0.539. The number of ether oxygens (including phenoxy) is 1. The minimum Gasteiger partial charge on any atom is -0.497 e. The van der Waals surface area contributed by atoms with E-state index in [0.717, 1.165) is 21.5 Å². The smallest absolute Gasteiger partial charge is 0.279 e.